The number of anilines is 1. The van der Waals surface area contributed by atoms with Crippen molar-refractivity contribution < 1.29 is 8.81 Å². The van der Waals surface area contributed by atoms with Gasteiger partial charge in [0.1, 0.15) is 5.82 Å². The van der Waals surface area contributed by atoms with Gasteiger partial charge in [-0.05, 0) is 31.0 Å². The summed E-state index contributed by atoms with van der Waals surface area (Å²) in [7, 11) is 0. The lowest BCUT2D eigenvalue weighted by Gasteiger charge is -2.11. The van der Waals surface area contributed by atoms with Gasteiger partial charge in [-0.15, -0.1) is 5.10 Å². The Hall–Kier alpha value is -1.91. The van der Waals surface area contributed by atoms with Crippen molar-refractivity contribution in [2.45, 2.75) is 32.7 Å². The molecule has 0 aliphatic rings. The van der Waals surface area contributed by atoms with E-state index >= 15 is 0 Å². The number of halogens is 1. The van der Waals surface area contributed by atoms with Crippen LogP contribution < -0.4 is 5.32 Å². The summed E-state index contributed by atoms with van der Waals surface area (Å²) < 4.78 is 18.2. The van der Waals surface area contributed by atoms with Gasteiger partial charge in [-0.2, -0.15) is 0 Å². The fourth-order valence-electron chi connectivity index (χ4n) is 1.65. The predicted molar refractivity (Wildman–Crippen MR) is 66.7 cm³/mol. The van der Waals surface area contributed by atoms with E-state index in [4.69, 9.17) is 4.42 Å². The fourth-order valence-corrected chi connectivity index (χ4v) is 1.65. The van der Waals surface area contributed by atoms with Gasteiger partial charge in [-0.3, -0.25) is 0 Å². The fraction of sp³-hybridized carbons (Fsp3) is 0.385. The van der Waals surface area contributed by atoms with Crippen molar-refractivity contribution in [3.8, 4) is 0 Å². The van der Waals surface area contributed by atoms with E-state index < -0.39 is 0 Å². The molecule has 0 bridgehead atoms. The Kier molecular flexibility index (Phi) is 3.92. The second-order valence-electron chi connectivity index (χ2n) is 4.17. The standard InChI is InChI=1S/C13H16FN3O/c1-3-4-12-16-17-13(18-12)15-9(2)10-5-7-11(14)8-6-10/h5-9H,3-4H2,1-2H3,(H,15,17)/t9-/m0/s1. The first kappa shape index (κ1) is 12.5. The summed E-state index contributed by atoms with van der Waals surface area (Å²) in [4.78, 5) is 0. The van der Waals surface area contributed by atoms with Gasteiger partial charge in [0.25, 0.3) is 0 Å². The molecular weight excluding hydrogens is 233 g/mol. The van der Waals surface area contributed by atoms with Crippen molar-refractivity contribution in [1.29, 1.82) is 0 Å². The molecule has 0 unspecified atom stereocenters. The lowest BCUT2D eigenvalue weighted by atomic mass is 10.1. The number of hydrogen-bond donors (Lipinski definition) is 1. The molecule has 0 saturated carbocycles. The van der Waals surface area contributed by atoms with Gasteiger partial charge in [0.15, 0.2) is 0 Å². The molecule has 96 valence electrons. The summed E-state index contributed by atoms with van der Waals surface area (Å²) >= 11 is 0. The first-order chi connectivity index (χ1) is 8.69. The lowest BCUT2D eigenvalue weighted by Crippen LogP contribution is -2.06. The summed E-state index contributed by atoms with van der Waals surface area (Å²) in [5, 5.41) is 10.9. The summed E-state index contributed by atoms with van der Waals surface area (Å²) in [5.41, 5.74) is 0.964. The van der Waals surface area contributed by atoms with Crippen LogP contribution in [0.1, 0.15) is 37.8 Å². The van der Waals surface area contributed by atoms with Gasteiger partial charge >= 0.3 is 6.01 Å². The molecular formula is C13H16FN3O. The van der Waals surface area contributed by atoms with Gasteiger partial charge < -0.3 is 9.73 Å². The van der Waals surface area contributed by atoms with Crippen molar-refractivity contribution in [2.75, 3.05) is 5.32 Å². The molecule has 0 aliphatic heterocycles. The third-order valence-corrected chi connectivity index (χ3v) is 2.64. The highest BCUT2D eigenvalue weighted by atomic mass is 19.1. The van der Waals surface area contributed by atoms with E-state index in [-0.39, 0.29) is 11.9 Å². The number of hydrogen-bond acceptors (Lipinski definition) is 4. The maximum absolute atomic E-state index is 12.8. The van der Waals surface area contributed by atoms with Gasteiger partial charge in [-0.25, -0.2) is 4.39 Å². The average molecular weight is 249 g/mol. The molecule has 0 fully saturated rings. The Labute approximate surface area is 105 Å². The van der Waals surface area contributed by atoms with Gasteiger partial charge in [0.05, 0.1) is 6.04 Å². The predicted octanol–water partition coefficient (Wildman–Crippen LogP) is 3.33. The zero-order valence-corrected chi connectivity index (χ0v) is 10.5. The normalized spacial score (nSPS) is 12.4. The van der Waals surface area contributed by atoms with Crippen LogP contribution >= 0.6 is 0 Å². The molecule has 1 heterocycles. The quantitative estimate of drug-likeness (QED) is 0.883. The van der Waals surface area contributed by atoms with Crippen LogP contribution in [-0.4, -0.2) is 10.2 Å². The third-order valence-electron chi connectivity index (χ3n) is 2.64. The number of benzene rings is 1. The Morgan fingerprint density at radius 1 is 1.28 bits per heavy atom. The molecule has 1 N–H and O–H groups in total. The Morgan fingerprint density at radius 3 is 2.67 bits per heavy atom. The molecule has 0 saturated heterocycles. The second-order valence-corrected chi connectivity index (χ2v) is 4.17. The maximum Gasteiger partial charge on any atom is 0.315 e. The second kappa shape index (κ2) is 5.62. The van der Waals surface area contributed by atoms with E-state index in [1.54, 1.807) is 12.1 Å². The molecule has 4 nitrogen and oxygen atoms in total. The van der Waals surface area contributed by atoms with E-state index in [1.807, 2.05) is 6.92 Å². The molecule has 0 radical (unpaired) electrons. The van der Waals surface area contributed by atoms with E-state index in [0.717, 1.165) is 18.4 Å². The molecule has 2 rings (SSSR count). The minimum absolute atomic E-state index is 0.0134. The number of nitrogens with one attached hydrogen (secondary N) is 1. The van der Waals surface area contributed by atoms with Crippen LogP contribution in [0.15, 0.2) is 28.7 Å². The molecule has 18 heavy (non-hydrogen) atoms. The highest BCUT2D eigenvalue weighted by Crippen LogP contribution is 2.18. The van der Waals surface area contributed by atoms with Crippen molar-refractivity contribution in [1.82, 2.24) is 10.2 Å². The molecule has 1 atom stereocenters. The molecule has 1 aromatic heterocycles. The van der Waals surface area contributed by atoms with E-state index in [0.29, 0.717) is 11.9 Å². The van der Waals surface area contributed by atoms with Crippen molar-refractivity contribution >= 4 is 6.01 Å². The highest BCUT2D eigenvalue weighted by molar-refractivity contribution is 5.28. The summed E-state index contributed by atoms with van der Waals surface area (Å²) in [6.45, 7) is 4.01. The molecule has 0 aliphatic carbocycles. The topological polar surface area (TPSA) is 51.0 Å². The van der Waals surface area contributed by atoms with Gasteiger partial charge in [0.2, 0.25) is 5.89 Å². The molecule has 0 amide bonds. The molecule has 2 aromatic rings. The van der Waals surface area contributed by atoms with Crippen molar-refractivity contribution in [3.05, 3.63) is 41.5 Å². The van der Waals surface area contributed by atoms with Crippen molar-refractivity contribution in [2.24, 2.45) is 0 Å². The lowest BCUT2D eigenvalue weighted by molar-refractivity contribution is 0.497. The Bertz CT molecular complexity index is 495. The SMILES string of the molecule is CCCc1nnc(N[C@@H](C)c2ccc(F)cc2)o1. The highest BCUT2D eigenvalue weighted by Gasteiger charge is 2.10. The molecule has 1 aromatic carbocycles. The number of aromatic nitrogens is 2. The smallest absolute Gasteiger partial charge is 0.315 e. The van der Waals surface area contributed by atoms with Gasteiger partial charge in [-0.1, -0.05) is 24.2 Å². The van der Waals surface area contributed by atoms with Crippen LogP contribution in [0.3, 0.4) is 0 Å². The van der Waals surface area contributed by atoms with Crippen molar-refractivity contribution in [3.63, 3.8) is 0 Å². The van der Waals surface area contributed by atoms with E-state index in [9.17, 15) is 4.39 Å². The summed E-state index contributed by atoms with van der Waals surface area (Å²) in [6, 6.07) is 6.72. The van der Waals surface area contributed by atoms with Crippen LogP contribution in [0, 0.1) is 5.82 Å². The average Bonchev–Trinajstić information content (AvgIpc) is 2.78. The van der Waals surface area contributed by atoms with E-state index in [2.05, 4.69) is 22.4 Å². The minimum atomic E-state index is -0.242. The van der Waals surface area contributed by atoms with Crippen LogP contribution in [0.5, 0.6) is 0 Å². The first-order valence-electron chi connectivity index (χ1n) is 6.03. The zero-order valence-electron chi connectivity index (χ0n) is 10.5. The monoisotopic (exact) mass is 249 g/mol. The number of rotatable bonds is 5. The van der Waals surface area contributed by atoms with E-state index in [1.165, 1.54) is 12.1 Å². The molecule has 5 heteroatoms. The van der Waals surface area contributed by atoms with Gasteiger partial charge in [0, 0.05) is 6.42 Å². The first-order valence-corrected chi connectivity index (χ1v) is 6.03. The van der Waals surface area contributed by atoms with Crippen LogP contribution in [0.25, 0.3) is 0 Å². The Balaban J connectivity index is 2.01. The number of nitrogens with zero attached hydrogens (tertiary/aromatic N) is 2. The number of aryl methyl sites for hydroxylation is 1. The third kappa shape index (κ3) is 3.06. The molecule has 0 spiro atoms. The van der Waals surface area contributed by atoms with Crippen LogP contribution in [0.2, 0.25) is 0 Å². The Morgan fingerprint density at radius 2 is 2.00 bits per heavy atom. The maximum atomic E-state index is 12.8. The van der Waals surface area contributed by atoms with Crippen LogP contribution in [0.4, 0.5) is 10.4 Å². The summed E-state index contributed by atoms with van der Waals surface area (Å²) in [5.74, 6) is 0.389. The van der Waals surface area contributed by atoms with Crippen LogP contribution in [-0.2, 0) is 6.42 Å². The minimum Gasteiger partial charge on any atom is -0.408 e. The zero-order chi connectivity index (χ0) is 13.0. The summed E-state index contributed by atoms with van der Waals surface area (Å²) in [6.07, 6.45) is 1.74. The largest absolute Gasteiger partial charge is 0.408 e.